The van der Waals surface area contributed by atoms with Crippen molar-refractivity contribution in [2.45, 2.75) is 33.4 Å². The van der Waals surface area contributed by atoms with E-state index in [0.717, 1.165) is 0 Å². The summed E-state index contributed by atoms with van der Waals surface area (Å²) in [7, 11) is 1.72. The Kier molecular flexibility index (Phi) is 3.87. The van der Waals surface area contributed by atoms with Gasteiger partial charge in [0.25, 0.3) is 5.56 Å². The van der Waals surface area contributed by atoms with Crippen LogP contribution >= 0.6 is 0 Å². The zero-order valence-corrected chi connectivity index (χ0v) is 12.1. The lowest BCUT2D eigenvalue weighted by molar-refractivity contribution is -0.122. The van der Waals surface area contributed by atoms with Crippen molar-refractivity contribution in [2.75, 3.05) is 0 Å². The van der Waals surface area contributed by atoms with Crippen LogP contribution in [0.3, 0.4) is 0 Å². The van der Waals surface area contributed by atoms with E-state index in [-0.39, 0.29) is 24.1 Å². The summed E-state index contributed by atoms with van der Waals surface area (Å²) in [5.41, 5.74) is 0.262. The molecular weight excluding hydrogens is 258 g/mol. The molecule has 7 heteroatoms. The minimum absolute atomic E-state index is 0.0340. The van der Waals surface area contributed by atoms with Crippen LogP contribution in [0, 0.1) is 5.92 Å². The normalized spacial score (nSPS) is 12.8. The molecule has 2 aromatic heterocycles. The Morgan fingerprint density at radius 2 is 2.10 bits per heavy atom. The first-order valence-electron chi connectivity index (χ1n) is 6.56. The number of carbonyl (C=O) groups is 1. The molecule has 2 rings (SSSR count). The van der Waals surface area contributed by atoms with Crippen LogP contribution in [0.25, 0.3) is 11.0 Å². The molecule has 1 amide bonds. The summed E-state index contributed by atoms with van der Waals surface area (Å²) in [6.07, 6.45) is 2.85. The molecule has 108 valence electrons. The molecule has 2 heterocycles. The van der Waals surface area contributed by atoms with Crippen molar-refractivity contribution >= 4 is 16.9 Å². The molecule has 1 unspecified atom stereocenters. The van der Waals surface area contributed by atoms with Gasteiger partial charge in [-0.05, 0) is 12.8 Å². The van der Waals surface area contributed by atoms with Crippen LogP contribution in [-0.2, 0) is 18.4 Å². The van der Waals surface area contributed by atoms with E-state index in [4.69, 9.17) is 0 Å². The van der Waals surface area contributed by atoms with Crippen molar-refractivity contribution in [3.63, 3.8) is 0 Å². The lowest BCUT2D eigenvalue weighted by atomic mass is 10.1. The topological polar surface area (TPSA) is 81.8 Å². The van der Waals surface area contributed by atoms with Crippen molar-refractivity contribution in [3.8, 4) is 0 Å². The highest BCUT2D eigenvalue weighted by atomic mass is 16.2. The van der Waals surface area contributed by atoms with Gasteiger partial charge < -0.3 is 5.32 Å². The molecular formula is C13H19N5O2. The van der Waals surface area contributed by atoms with Gasteiger partial charge in [0, 0.05) is 13.1 Å². The molecule has 0 aliphatic rings. The third-order valence-corrected chi connectivity index (χ3v) is 3.42. The number of fused-ring (bicyclic) bond motifs is 1. The van der Waals surface area contributed by atoms with E-state index >= 15 is 0 Å². The second kappa shape index (κ2) is 5.44. The predicted octanol–water partition coefficient (Wildman–Crippen LogP) is 0.291. The number of aryl methyl sites for hydroxylation is 1. The fraction of sp³-hybridized carbons (Fsp3) is 0.538. The molecule has 1 N–H and O–H groups in total. The standard InChI is InChI=1S/C13H19N5O2/c1-8(2)9(3)16-11(19)6-18-7-14-12-10(13(18)20)5-15-17(12)4/h5,7-9H,6H2,1-4H3,(H,16,19). The average molecular weight is 277 g/mol. The van der Waals surface area contributed by atoms with E-state index in [0.29, 0.717) is 17.0 Å². The van der Waals surface area contributed by atoms with E-state index in [1.807, 2.05) is 20.8 Å². The lowest BCUT2D eigenvalue weighted by Crippen LogP contribution is -2.39. The van der Waals surface area contributed by atoms with Crippen LogP contribution in [-0.4, -0.2) is 31.3 Å². The quantitative estimate of drug-likeness (QED) is 0.871. The van der Waals surface area contributed by atoms with Gasteiger partial charge in [0.2, 0.25) is 5.91 Å². The summed E-state index contributed by atoms with van der Waals surface area (Å²) in [4.78, 5) is 28.2. The van der Waals surface area contributed by atoms with E-state index in [9.17, 15) is 9.59 Å². The van der Waals surface area contributed by atoms with Crippen molar-refractivity contribution in [2.24, 2.45) is 13.0 Å². The number of amides is 1. The summed E-state index contributed by atoms with van der Waals surface area (Å²) in [6, 6.07) is 0.0632. The molecule has 20 heavy (non-hydrogen) atoms. The molecule has 0 radical (unpaired) electrons. The SMILES string of the molecule is CC(C)C(C)NC(=O)Cn1cnc2c(cnn2C)c1=O. The number of hydrogen-bond acceptors (Lipinski definition) is 4. The zero-order valence-electron chi connectivity index (χ0n) is 12.1. The average Bonchev–Trinajstić information content (AvgIpc) is 2.75. The lowest BCUT2D eigenvalue weighted by Gasteiger charge is -2.17. The first-order valence-corrected chi connectivity index (χ1v) is 6.56. The summed E-state index contributed by atoms with van der Waals surface area (Å²) in [5.74, 6) is 0.146. The van der Waals surface area contributed by atoms with Gasteiger partial charge in [-0.3, -0.25) is 18.8 Å². The minimum atomic E-state index is -0.254. The number of nitrogens with zero attached hydrogens (tertiary/aromatic N) is 4. The first-order chi connectivity index (χ1) is 9.40. The molecule has 1 atom stereocenters. The highest BCUT2D eigenvalue weighted by Crippen LogP contribution is 2.03. The third kappa shape index (κ3) is 2.71. The van der Waals surface area contributed by atoms with Crippen molar-refractivity contribution < 1.29 is 4.79 Å². The molecule has 0 saturated heterocycles. The van der Waals surface area contributed by atoms with Gasteiger partial charge in [-0.25, -0.2) is 4.98 Å². The summed E-state index contributed by atoms with van der Waals surface area (Å²) in [6.45, 7) is 5.96. The Hall–Kier alpha value is -2.18. The van der Waals surface area contributed by atoms with Gasteiger partial charge in [-0.1, -0.05) is 13.8 Å². The highest BCUT2D eigenvalue weighted by molar-refractivity contribution is 5.77. The largest absolute Gasteiger partial charge is 0.352 e. The molecule has 0 aliphatic heterocycles. The molecule has 0 aromatic carbocycles. The van der Waals surface area contributed by atoms with Crippen LogP contribution in [0.5, 0.6) is 0 Å². The van der Waals surface area contributed by atoms with E-state index < -0.39 is 0 Å². The van der Waals surface area contributed by atoms with E-state index in [1.54, 1.807) is 7.05 Å². The number of aromatic nitrogens is 4. The number of rotatable bonds is 4. The van der Waals surface area contributed by atoms with Crippen LogP contribution in [0.15, 0.2) is 17.3 Å². The molecule has 0 aliphatic carbocycles. The fourth-order valence-electron chi connectivity index (χ4n) is 1.80. The fourth-order valence-corrected chi connectivity index (χ4v) is 1.80. The second-order valence-electron chi connectivity index (χ2n) is 5.28. The summed E-state index contributed by atoms with van der Waals surface area (Å²) in [5, 5.41) is 7.27. The molecule has 0 bridgehead atoms. The summed E-state index contributed by atoms with van der Waals surface area (Å²) >= 11 is 0. The second-order valence-corrected chi connectivity index (χ2v) is 5.28. The van der Waals surface area contributed by atoms with E-state index in [1.165, 1.54) is 21.8 Å². The van der Waals surface area contributed by atoms with Gasteiger partial charge in [-0.15, -0.1) is 0 Å². The van der Waals surface area contributed by atoms with Gasteiger partial charge in [0.05, 0.1) is 6.20 Å². The van der Waals surface area contributed by atoms with Crippen LogP contribution < -0.4 is 10.9 Å². The Balaban J connectivity index is 2.20. The zero-order chi connectivity index (χ0) is 14.9. The van der Waals surface area contributed by atoms with Crippen LogP contribution in [0.4, 0.5) is 0 Å². The Morgan fingerprint density at radius 3 is 2.75 bits per heavy atom. The van der Waals surface area contributed by atoms with Crippen molar-refractivity contribution in [1.82, 2.24) is 24.6 Å². The number of carbonyl (C=O) groups excluding carboxylic acids is 1. The van der Waals surface area contributed by atoms with Crippen LogP contribution in [0.1, 0.15) is 20.8 Å². The number of hydrogen-bond donors (Lipinski definition) is 1. The summed E-state index contributed by atoms with van der Waals surface area (Å²) < 4.78 is 2.83. The molecule has 7 nitrogen and oxygen atoms in total. The maximum absolute atomic E-state index is 12.2. The first kappa shape index (κ1) is 14.2. The monoisotopic (exact) mass is 277 g/mol. The smallest absolute Gasteiger partial charge is 0.264 e. The molecule has 0 saturated carbocycles. The number of nitrogens with one attached hydrogen (secondary N) is 1. The maximum Gasteiger partial charge on any atom is 0.264 e. The molecule has 2 aromatic rings. The highest BCUT2D eigenvalue weighted by Gasteiger charge is 2.13. The third-order valence-electron chi connectivity index (χ3n) is 3.42. The van der Waals surface area contributed by atoms with Crippen LogP contribution in [0.2, 0.25) is 0 Å². The Morgan fingerprint density at radius 1 is 1.40 bits per heavy atom. The molecule has 0 spiro atoms. The Bertz CT molecular complexity index is 686. The Labute approximate surface area is 116 Å². The van der Waals surface area contributed by atoms with Gasteiger partial charge in [0.15, 0.2) is 5.65 Å². The van der Waals surface area contributed by atoms with Gasteiger partial charge >= 0.3 is 0 Å². The minimum Gasteiger partial charge on any atom is -0.352 e. The van der Waals surface area contributed by atoms with E-state index in [2.05, 4.69) is 15.4 Å². The van der Waals surface area contributed by atoms with Crippen molar-refractivity contribution in [3.05, 3.63) is 22.9 Å². The van der Waals surface area contributed by atoms with Gasteiger partial charge in [-0.2, -0.15) is 5.10 Å². The van der Waals surface area contributed by atoms with Crippen molar-refractivity contribution in [1.29, 1.82) is 0 Å². The maximum atomic E-state index is 12.2. The predicted molar refractivity (Wildman–Crippen MR) is 75.2 cm³/mol. The van der Waals surface area contributed by atoms with Gasteiger partial charge in [0.1, 0.15) is 18.3 Å². The molecule has 0 fully saturated rings.